The fourth-order valence-electron chi connectivity index (χ4n) is 1.07. The Balaban J connectivity index is 0.00000144. The van der Waals surface area contributed by atoms with E-state index in [0.29, 0.717) is 5.69 Å². The van der Waals surface area contributed by atoms with Crippen molar-refractivity contribution < 1.29 is 42.5 Å². The van der Waals surface area contributed by atoms with Crippen molar-refractivity contribution in [2.24, 2.45) is 0 Å². The third-order valence-electron chi connectivity index (χ3n) is 1.82. The Hall–Kier alpha value is -1.02. The van der Waals surface area contributed by atoms with Gasteiger partial charge < -0.3 is 15.0 Å². The Bertz CT molecular complexity index is 566. The number of nitrogens with zero attached hydrogens (tertiary/aromatic N) is 2. The second kappa shape index (κ2) is 5.54. The average Bonchev–Trinajstić information content (AvgIpc) is 2.70. The molecule has 0 amide bonds. The van der Waals surface area contributed by atoms with Gasteiger partial charge in [0.25, 0.3) is 0 Å². The molecule has 1 aromatic carbocycles. The van der Waals surface area contributed by atoms with Gasteiger partial charge in [-0.05, 0) is 36.1 Å². The summed E-state index contributed by atoms with van der Waals surface area (Å²) in [7, 11) is -3.75. The predicted octanol–water partition coefficient (Wildman–Crippen LogP) is -1.35. The maximum absolute atomic E-state index is 11.7. The second-order valence-corrected chi connectivity index (χ2v) is 4.60. The molecule has 0 bridgehead atoms. The summed E-state index contributed by atoms with van der Waals surface area (Å²) in [6.45, 7) is 0. The largest absolute Gasteiger partial charge is 1.00 e. The predicted molar refractivity (Wildman–Crippen MR) is 57.6 cm³/mol. The number of sulfonamides is 1. The minimum atomic E-state index is -3.75. The summed E-state index contributed by atoms with van der Waals surface area (Å²) in [5.41, 5.74) is 5.94. The first-order chi connectivity index (χ1) is 7.58. The first-order valence-electron chi connectivity index (χ1n) is 4.32. The van der Waals surface area contributed by atoms with E-state index in [-0.39, 0.29) is 40.3 Å². The van der Waals surface area contributed by atoms with Gasteiger partial charge in [-0.3, -0.25) is 5.16 Å². The molecule has 0 fully saturated rings. The molecular weight excluding hydrogens is 253 g/mol. The van der Waals surface area contributed by atoms with Gasteiger partial charge in [0.05, 0.1) is 11.2 Å². The van der Waals surface area contributed by atoms with Crippen molar-refractivity contribution in [2.75, 3.05) is 5.73 Å². The van der Waals surface area contributed by atoms with E-state index >= 15 is 0 Å². The molecule has 0 radical (unpaired) electrons. The van der Waals surface area contributed by atoms with Gasteiger partial charge in [-0.2, -0.15) is 0 Å². The monoisotopic (exact) mass is 261 g/mol. The smallest absolute Gasteiger partial charge is 0.463 e. The molecular formula is C9H8N3NaO3S. The van der Waals surface area contributed by atoms with Crippen LogP contribution in [-0.4, -0.2) is 13.6 Å². The molecule has 0 aliphatic heterocycles. The topological polar surface area (TPSA) is 100 Å². The van der Waals surface area contributed by atoms with Crippen molar-refractivity contribution in [1.29, 1.82) is 0 Å². The molecule has 0 saturated heterocycles. The molecule has 84 valence electrons. The zero-order valence-corrected chi connectivity index (χ0v) is 11.9. The van der Waals surface area contributed by atoms with Crippen LogP contribution in [0, 0.1) is 0 Å². The van der Waals surface area contributed by atoms with Gasteiger partial charge in [0, 0.05) is 5.69 Å². The average molecular weight is 261 g/mol. The van der Waals surface area contributed by atoms with E-state index in [4.69, 9.17) is 5.73 Å². The Kier molecular flexibility index (Phi) is 4.58. The Morgan fingerprint density at radius 1 is 1.18 bits per heavy atom. The molecule has 0 aliphatic carbocycles. The van der Waals surface area contributed by atoms with Crippen molar-refractivity contribution in [3.63, 3.8) is 0 Å². The van der Waals surface area contributed by atoms with E-state index in [2.05, 4.69) is 14.4 Å². The zero-order chi connectivity index (χ0) is 11.6. The van der Waals surface area contributed by atoms with Crippen LogP contribution >= 0.6 is 0 Å². The van der Waals surface area contributed by atoms with E-state index in [1.165, 1.54) is 36.6 Å². The van der Waals surface area contributed by atoms with Crippen LogP contribution in [0.25, 0.3) is 4.72 Å². The van der Waals surface area contributed by atoms with E-state index in [1.807, 2.05) is 0 Å². The Morgan fingerprint density at radius 3 is 2.35 bits per heavy atom. The van der Waals surface area contributed by atoms with Crippen molar-refractivity contribution in [2.45, 2.75) is 4.90 Å². The molecule has 2 rings (SSSR count). The SMILES string of the molecule is Nc1ccc(S(=O)(=O)[N-]c2ccon2)cc1.[Na+]. The number of hydrogen-bond acceptors (Lipinski definition) is 5. The second-order valence-electron chi connectivity index (χ2n) is 2.99. The fourth-order valence-corrected chi connectivity index (χ4v) is 1.99. The van der Waals surface area contributed by atoms with Crippen LogP contribution in [0.5, 0.6) is 0 Å². The molecule has 1 aromatic heterocycles. The molecule has 17 heavy (non-hydrogen) atoms. The minimum Gasteiger partial charge on any atom is -0.463 e. The Labute approximate surface area is 121 Å². The number of nitrogens with two attached hydrogens (primary N) is 1. The molecule has 0 spiro atoms. The van der Waals surface area contributed by atoms with E-state index in [9.17, 15) is 8.42 Å². The standard InChI is InChI=1S/C9H8N3O3S.Na/c10-7-1-3-8(4-2-7)16(13,14)12-9-5-6-15-11-9;/h1-6H,10H2;/q-1;+1. The van der Waals surface area contributed by atoms with Crippen molar-refractivity contribution >= 4 is 21.5 Å². The van der Waals surface area contributed by atoms with Gasteiger partial charge in [0.2, 0.25) is 10.0 Å². The summed E-state index contributed by atoms with van der Waals surface area (Å²) >= 11 is 0. The summed E-state index contributed by atoms with van der Waals surface area (Å²) in [5.74, 6) is 0.0109. The number of aromatic nitrogens is 1. The summed E-state index contributed by atoms with van der Waals surface area (Å²) in [6.07, 6.45) is 1.25. The number of benzene rings is 1. The van der Waals surface area contributed by atoms with Crippen LogP contribution < -0.4 is 35.3 Å². The van der Waals surface area contributed by atoms with E-state index in [1.54, 1.807) is 0 Å². The summed E-state index contributed by atoms with van der Waals surface area (Å²) < 4.78 is 31.4. The zero-order valence-electron chi connectivity index (χ0n) is 9.07. The first kappa shape index (κ1) is 14.0. The van der Waals surface area contributed by atoms with Crippen LogP contribution in [0.1, 0.15) is 0 Å². The third kappa shape index (κ3) is 3.47. The van der Waals surface area contributed by atoms with Crippen molar-refractivity contribution in [1.82, 2.24) is 5.16 Å². The Morgan fingerprint density at radius 2 is 1.82 bits per heavy atom. The van der Waals surface area contributed by atoms with E-state index in [0.717, 1.165) is 0 Å². The van der Waals surface area contributed by atoms with E-state index < -0.39 is 10.0 Å². The minimum absolute atomic E-state index is 0. The van der Waals surface area contributed by atoms with Gasteiger partial charge in [0.1, 0.15) is 0 Å². The molecule has 2 N–H and O–H groups in total. The maximum atomic E-state index is 11.7. The number of anilines is 1. The van der Waals surface area contributed by atoms with Crippen LogP contribution in [0.2, 0.25) is 0 Å². The number of hydrogen-bond donors (Lipinski definition) is 1. The summed E-state index contributed by atoms with van der Waals surface area (Å²) in [6, 6.07) is 7.10. The summed E-state index contributed by atoms with van der Waals surface area (Å²) in [5, 5.41) is 3.40. The van der Waals surface area contributed by atoms with Crippen molar-refractivity contribution in [3.05, 3.63) is 41.3 Å². The molecule has 2 aromatic rings. The first-order valence-corrected chi connectivity index (χ1v) is 5.76. The van der Waals surface area contributed by atoms with Crippen LogP contribution in [0.3, 0.4) is 0 Å². The number of nitrogen functional groups attached to an aromatic ring is 1. The van der Waals surface area contributed by atoms with Crippen LogP contribution in [0.15, 0.2) is 46.0 Å². The van der Waals surface area contributed by atoms with Crippen LogP contribution in [-0.2, 0) is 10.0 Å². The van der Waals surface area contributed by atoms with Crippen molar-refractivity contribution in [3.8, 4) is 0 Å². The normalized spacial score (nSPS) is 10.6. The molecule has 6 nitrogen and oxygen atoms in total. The third-order valence-corrected chi connectivity index (χ3v) is 3.11. The molecule has 8 heteroatoms. The maximum Gasteiger partial charge on any atom is 1.00 e. The van der Waals surface area contributed by atoms with Gasteiger partial charge in [0.15, 0.2) is 0 Å². The quantitative estimate of drug-likeness (QED) is 0.544. The van der Waals surface area contributed by atoms with Gasteiger partial charge in [-0.15, -0.1) is 0 Å². The molecule has 1 heterocycles. The van der Waals surface area contributed by atoms with Crippen LogP contribution in [0.4, 0.5) is 11.5 Å². The van der Waals surface area contributed by atoms with Gasteiger partial charge in [-0.25, -0.2) is 8.42 Å². The summed E-state index contributed by atoms with van der Waals surface area (Å²) in [4.78, 5) is 0.0599. The molecule has 0 saturated carbocycles. The van der Waals surface area contributed by atoms with Gasteiger partial charge >= 0.3 is 29.6 Å². The molecule has 0 atom stereocenters. The van der Waals surface area contributed by atoms with Gasteiger partial charge in [-0.1, -0.05) is 0 Å². The molecule has 0 aliphatic rings. The number of rotatable bonds is 3. The fraction of sp³-hybridized carbons (Fsp3) is 0. The molecule has 0 unspecified atom stereocenters.